The lowest BCUT2D eigenvalue weighted by Crippen LogP contribution is -2.42. The second-order valence-electron chi connectivity index (χ2n) is 7.41. The molecule has 0 aliphatic carbocycles. The zero-order chi connectivity index (χ0) is 20.8. The van der Waals surface area contributed by atoms with Crippen LogP contribution in [0.3, 0.4) is 0 Å². The van der Waals surface area contributed by atoms with Crippen LogP contribution in [0, 0.1) is 0 Å². The molecule has 2 fully saturated rings. The molecule has 9 nitrogen and oxygen atoms in total. The molecule has 0 amide bonds. The van der Waals surface area contributed by atoms with E-state index >= 15 is 0 Å². The number of rotatable bonds is 13. The topological polar surface area (TPSA) is 110 Å². The average Bonchev–Trinajstić information content (AvgIpc) is 3.23. The molecule has 178 valence electrons. The molecule has 30 heavy (non-hydrogen) atoms. The lowest BCUT2D eigenvalue weighted by Gasteiger charge is -2.22. The van der Waals surface area contributed by atoms with E-state index in [4.69, 9.17) is 14.2 Å². The van der Waals surface area contributed by atoms with Gasteiger partial charge < -0.3 is 24.8 Å². The summed E-state index contributed by atoms with van der Waals surface area (Å²) in [5, 5.41) is 6.21. The third kappa shape index (κ3) is 12.6. The predicted octanol–water partition coefficient (Wildman–Crippen LogP) is 1.23. The van der Waals surface area contributed by atoms with Crippen molar-refractivity contribution in [1.29, 1.82) is 0 Å². The summed E-state index contributed by atoms with van der Waals surface area (Å²) in [6.45, 7) is 6.81. The zero-order valence-corrected chi connectivity index (χ0v) is 21.2. The Morgan fingerprint density at radius 3 is 2.57 bits per heavy atom. The third-order valence-electron chi connectivity index (χ3n) is 4.86. The van der Waals surface area contributed by atoms with Gasteiger partial charge in [-0.3, -0.25) is 4.99 Å². The van der Waals surface area contributed by atoms with Gasteiger partial charge in [0, 0.05) is 46.0 Å². The average molecular weight is 563 g/mol. The first-order valence-corrected chi connectivity index (χ1v) is 12.5. The molecular formula is C19H39IN4O5S. The number of sulfonamides is 1. The fourth-order valence-electron chi connectivity index (χ4n) is 3.25. The summed E-state index contributed by atoms with van der Waals surface area (Å²) in [6, 6.07) is 0. The van der Waals surface area contributed by atoms with Crippen molar-refractivity contribution in [2.45, 2.75) is 57.7 Å². The summed E-state index contributed by atoms with van der Waals surface area (Å²) in [7, 11) is -3.34. The molecule has 2 aliphatic heterocycles. The first-order valence-electron chi connectivity index (χ1n) is 10.9. The van der Waals surface area contributed by atoms with Crippen LogP contribution in [-0.4, -0.2) is 84.9 Å². The monoisotopic (exact) mass is 562 g/mol. The van der Waals surface area contributed by atoms with E-state index in [1.54, 1.807) is 0 Å². The molecule has 3 N–H and O–H groups in total. The second kappa shape index (κ2) is 16.4. The van der Waals surface area contributed by atoms with Gasteiger partial charge in [0.2, 0.25) is 10.0 Å². The SMILES string of the molecule is CCNC(=NCCCOCC1CCCO1)NCCS(=O)(=O)NCC1CCCCO1.I. The maximum absolute atomic E-state index is 12.2. The minimum absolute atomic E-state index is 0. The van der Waals surface area contributed by atoms with Crippen molar-refractivity contribution in [2.75, 3.05) is 58.4 Å². The van der Waals surface area contributed by atoms with E-state index in [1.165, 1.54) is 0 Å². The van der Waals surface area contributed by atoms with Crippen LogP contribution >= 0.6 is 24.0 Å². The van der Waals surface area contributed by atoms with Crippen LogP contribution in [0.1, 0.15) is 45.4 Å². The van der Waals surface area contributed by atoms with Crippen molar-refractivity contribution >= 4 is 40.0 Å². The van der Waals surface area contributed by atoms with Crippen LogP contribution in [0.25, 0.3) is 0 Å². The highest BCUT2D eigenvalue weighted by Crippen LogP contribution is 2.12. The highest BCUT2D eigenvalue weighted by molar-refractivity contribution is 14.0. The second-order valence-corrected chi connectivity index (χ2v) is 9.33. The van der Waals surface area contributed by atoms with Crippen LogP contribution in [0.2, 0.25) is 0 Å². The molecule has 2 heterocycles. The van der Waals surface area contributed by atoms with Gasteiger partial charge in [0.05, 0.1) is 24.6 Å². The van der Waals surface area contributed by atoms with Crippen molar-refractivity contribution in [2.24, 2.45) is 4.99 Å². The molecule has 2 unspecified atom stereocenters. The van der Waals surface area contributed by atoms with Gasteiger partial charge in [0.1, 0.15) is 0 Å². The first-order chi connectivity index (χ1) is 14.1. The first kappa shape index (κ1) is 27.8. The molecule has 0 saturated carbocycles. The van der Waals surface area contributed by atoms with Gasteiger partial charge in [-0.2, -0.15) is 0 Å². The molecule has 0 bridgehead atoms. The van der Waals surface area contributed by atoms with E-state index in [-0.39, 0.29) is 41.9 Å². The molecule has 0 radical (unpaired) electrons. The van der Waals surface area contributed by atoms with Crippen molar-refractivity contribution in [3.05, 3.63) is 0 Å². The highest BCUT2D eigenvalue weighted by Gasteiger charge is 2.18. The van der Waals surface area contributed by atoms with E-state index in [9.17, 15) is 8.42 Å². The van der Waals surface area contributed by atoms with Crippen molar-refractivity contribution < 1.29 is 22.6 Å². The van der Waals surface area contributed by atoms with Crippen LogP contribution in [0.15, 0.2) is 4.99 Å². The Morgan fingerprint density at radius 1 is 1.10 bits per heavy atom. The van der Waals surface area contributed by atoms with Gasteiger partial charge in [0.15, 0.2) is 5.96 Å². The normalized spacial score (nSPS) is 22.5. The number of aliphatic imine (C=N–C) groups is 1. The lowest BCUT2D eigenvalue weighted by molar-refractivity contribution is 0.0171. The van der Waals surface area contributed by atoms with Crippen LogP contribution < -0.4 is 15.4 Å². The number of halogens is 1. The number of hydrogen-bond donors (Lipinski definition) is 3. The van der Waals surface area contributed by atoms with Gasteiger partial charge in [-0.25, -0.2) is 13.1 Å². The standard InChI is InChI=1S/C19H38N4O5S.HI/c1-2-20-19(21-9-6-11-26-16-18-8-5-13-28-18)22-10-14-29(24,25)23-15-17-7-3-4-12-27-17;/h17-18,23H,2-16H2,1H3,(H2,20,21,22);1H. The van der Waals surface area contributed by atoms with Crippen molar-refractivity contribution in [3.63, 3.8) is 0 Å². The van der Waals surface area contributed by atoms with Crippen LogP contribution in [-0.2, 0) is 24.2 Å². The minimum atomic E-state index is -3.34. The Balaban J connectivity index is 0.00000450. The summed E-state index contributed by atoms with van der Waals surface area (Å²) in [5.74, 6) is 0.617. The minimum Gasteiger partial charge on any atom is -0.379 e. The van der Waals surface area contributed by atoms with Gasteiger partial charge in [0.25, 0.3) is 0 Å². The summed E-state index contributed by atoms with van der Waals surface area (Å²) < 4.78 is 43.7. The summed E-state index contributed by atoms with van der Waals surface area (Å²) >= 11 is 0. The lowest BCUT2D eigenvalue weighted by atomic mass is 10.1. The van der Waals surface area contributed by atoms with E-state index < -0.39 is 10.0 Å². The smallest absolute Gasteiger partial charge is 0.213 e. The number of hydrogen-bond acceptors (Lipinski definition) is 6. The molecule has 2 rings (SSSR count). The Morgan fingerprint density at radius 2 is 1.87 bits per heavy atom. The van der Waals surface area contributed by atoms with Crippen LogP contribution in [0.4, 0.5) is 0 Å². The zero-order valence-electron chi connectivity index (χ0n) is 18.1. The van der Waals surface area contributed by atoms with E-state index in [1.807, 2.05) is 6.92 Å². The molecule has 2 saturated heterocycles. The number of guanidine groups is 1. The Kier molecular flexibility index (Phi) is 15.2. The van der Waals surface area contributed by atoms with E-state index in [0.717, 1.165) is 51.7 Å². The largest absolute Gasteiger partial charge is 0.379 e. The quantitative estimate of drug-likeness (QED) is 0.134. The molecule has 2 aliphatic rings. The summed E-state index contributed by atoms with van der Waals surface area (Å²) in [6.07, 6.45) is 6.31. The van der Waals surface area contributed by atoms with Crippen molar-refractivity contribution in [1.82, 2.24) is 15.4 Å². The highest BCUT2D eigenvalue weighted by atomic mass is 127. The number of nitrogens with one attached hydrogen (secondary N) is 3. The number of nitrogens with zero attached hydrogens (tertiary/aromatic N) is 1. The molecule has 0 spiro atoms. The summed E-state index contributed by atoms with van der Waals surface area (Å²) in [4.78, 5) is 4.47. The molecule has 0 aromatic carbocycles. The Labute approximate surface area is 198 Å². The number of ether oxygens (including phenoxy) is 3. The molecule has 0 aromatic rings. The van der Waals surface area contributed by atoms with Crippen molar-refractivity contribution in [3.8, 4) is 0 Å². The molecule has 11 heteroatoms. The summed E-state index contributed by atoms with van der Waals surface area (Å²) in [5.41, 5.74) is 0. The van der Waals surface area contributed by atoms with E-state index in [2.05, 4.69) is 20.3 Å². The maximum atomic E-state index is 12.2. The van der Waals surface area contributed by atoms with Gasteiger partial charge in [-0.1, -0.05) is 0 Å². The van der Waals surface area contributed by atoms with Crippen LogP contribution in [0.5, 0.6) is 0 Å². The molecular weight excluding hydrogens is 523 g/mol. The van der Waals surface area contributed by atoms with E-state index in [0.29, 0.717) is 45.4 Å². The van der Waals surface area contributed by atoms with Gasteiger partial charge >= 0.3 is 0 Å². The predicted molar refractivity (Wildman–Crippen MR) is 129 cm³/mol. The van der Waals surface area contributed by atoms with Gasteiger partial charge in [-0.05, 0) is 45.4 Å². The maximum Gasteiger partial charge on any atom is 0.213 e. The fraction of sp³-hybridized carbons (Fsp3) is 0.947. The Bertz CT molecular complexity index is 567. The Hall–Kier alpha value is -0.210. The fourth-order valence-corrected chi connectivity index (χ4v) is 4.21. The third-order valence-corrected chi connectivity index (χ3v) is 6.20. The molecule has 0 aromatic heterocycles. The van der Waals surface area contributed by atoms with Gasteiger partial charge in [-0.15, -0.1) is 24.0 Å². The molecule has 2 atom stereocenters.